The Balaban J connectivity index is 1.44. The third kappa shape index (κ3) is 5.98. The maximum Gasteiger partial charge on any atom is 0.333 e. The van der Waals surface area contributed by atoms with Gasteiger partial charge in [0.1, 0.15) is 43.7 Å². The average molecular weight is 573 g/mol. The molecule has 0 amide bonds. The van der Waals surface area contributed by atoms with Crippen molar-refractivity contribution in [2.45, 2.75) is 19.3 Å². The van der Waals surface area contributed by atoms with Gasteiger partial charge in [-0.25, -0.2) is 4.79 Å². The number of hydrogen-bond acceptors (Lipinski definition) is 5. The normalized spacial score (nSPS) is 12.4. The number of esters is 1. The summed E-state index contributed by atoms with van der Waals surface area (Å²) >= 11 is 0. The predicted octanol–water partition coefficient (Wildman–Crippen LogP) is 8.03. The van der Waals surface area contributed by atoms with Gasteiger partial charge >= 0.3 is 5.97 Å². The summed E-state index contributed by atoms with van der Waals surface area (Å²) in [6.45, 7) is 16.0. The molecule has 4 aromatic carbocycles. The van der Waals surface area contributed by atoms with Crippen LogP contribution in [0.1, 0.15) is 36.1 Å². The molecule has 0 spiro atoms. The highest BCUT2D eigenvalue weighted by atomic mass is 16.6. The lowest BCUT2D eigenvalue weighted by atomic mass is 9.68. The molecule has 5 heteroatoms. The second-order valence-corrected chi connectivity index (χ2v) is 10.6. The van der Waals surface area contributed by atoms with Crippen LogP contribution in [0.5, 0.6) is 11.5 Å². The number of hydrogen-bond donors (Lipinski definition) is 0. The molecular weight excluding hydrogens is 536 g/mol. The molecule has 0 heterocycles. The number of rotatable bonds is 13. The molecule has 5 nitrogen and oxygen atoms in total. The SMILES string of the molecule is C=C(C)C(=C)OCCOc1ccc(C2(c3ccc(OCCOC(=O)C(=C)C)cc3)c3ccccc3-c3ccccc32)cc1. The smallest absolute Gasteiger partial charge is 0.333 e. The van der Waals surface area contributed by atoms with Crippen molar-refractivity contribution in [2.24, 2.45) is 0 Å². The molecule has 43 heavy (non-hydrogen) atoms. The summed E-state index contributed by atoms with van der Waals surface area (Å²) in [6, 6.07) is 33.7. The Kier molecular flexibility index (Phi) is 8.82. The molecule has 0 unspecified atom stereocenters. The lowest BCUT2D eigenvalue weighted by Gasteiger charge is -2.34. The van der Waals surface area contributed by atoms with Gasteiger partial charge in [0.25, 0.3) is 0 Å². The van der Waals surface area contributed by atoms with Crippen molar-refractivity contribution in [3.8, 4) is 22.6 Å². The fourth-order valence-corrected chi connectivity index (χ4v) is 5.49. The zero-order chi connectivity index (χ0) is 30.4. The van der Waals surface area contributed by atoms with Gasteiger partial charge in [-0.05, 0) is 77.1 Å². The van der Waals surface area contributed by atoms with Crippen molar-refractivity contribution in [1.82, 2.24) is 0 Å². The van der Waals surface area contributed by atoms with E-state index in [2.05, 4.69) is 92.5 Å². The van der Waals surface area contributed by atoms with Crippen LogP contribution in [0.25, 0.3) is 11.1 Å². The van der Waals surface area contributed by atoms with Crippen LogP contribution in [0.2, 0.25) is 0 Å². The number of benzene rings is 4. The van der Waals surface area contributed by atoms with E-state index in [0.717, 1.165) is 22.4 Å². The van der Waals surface area contributed by atoms with Crippen LogP contribution in [0.15, 0.2) is 134 Å². The number of fused-ring (bicyclic) bond motifs is 3. The van der Waals surface area contributed by atoms with Gasteiger partial charge in [-0.2, -0.15) is 0 Å². The maximum absolute atomic E-state index is 11.7. The van der Waals surface area contributed by atoms with Gasteiger partial charge in [-0.3, -0.25) is 0 Å². The molecule has 218 valence electrons. The Morgan fingerprint density at radius 1 is 0.581 bits per heavy atom. The third-order valence-corrected chi connectivity index (χ3v) is 7.57. The molecular formula is C38H36O5. The second kappa shape index (κ2) is 12.9. The number of carbonyl (C=O) groups is 1. The zero-order valence-electron chi connectivity index (χ0n) is 24.7. The quantitative estimate of drug-likeness (QED) is 0.0470. The van der Waals surface area contributed by atoms with Crippen molar-refractivity contribution in [3.63, 3.8) is 0 Å². The summed E-state index contributed by atoms with van der Waals surface area (Å²) < 4.78 is 22.6. The second-order valence-electron chi connectivity index (χ2n) is 10.6. The van der Waals surface area contributed by atoms with E-state index in [4.69, 9.17) is 18.9 Å². The highest BCUT2D eigenvalue weighted by molar-refractivity contribution is 5.87. The van der Waals surface area contributed by atoms with E-state index >= 15 is 0 Å². The minimum absolute atomic E-state index is 0.154. The van der Waals surface area contributed by atoms with E-state index in [1.54, 1.807) is 6.92 Å². The fraction of sp³-hybridized carbons (Fsp3) is 0.184. The van der Waals surface area contributed by atoms with E-state index < -0.39 is 11.4 Å². The van der Waals surface area contributed by atoms with E-state index in [-0.39, 0.29) is 13.2 Å². The summed E-state index contributed by atoms with van der Waals surface area (Å²) in [5, 5.41) is 0. The van der Waals surface area contributed by atoms with Crippen molar-refractivity contribution in [3.05, 3.63) is 156 Å². The highest BCUT2D eigenvalue weighted by Crippen LogP contribution is 2.56. The molecule has 5 rings (SSSR count). The minimum Gasteiger partial charge on any atom is -0.490 e. The Morgan fingerprint density at radius 2 is 1.02 bits per heavy atom. The van der Waals surface area contributed by atoms with Gasteiger partial charge in [-0.1, -0.05) is 92.5 Å². The Bertz CT molecular complexity index is 1520. The molecule has 0 radical (unpaired) electrons. The third-order valence-electron chi connectivity index (χ3n) is 7.57. The summed E-state index contributed by atoms with van der Waals surface area (Å²) in [5.74, 6) is 1.62. The first kappa shape index (κ1) is 29.5. The van der Waals surface area contributed by atoms with E-state index in [1.165, 1.54) is 22.3 Å². The topological polar surface area (TPSA) is 54.0 Å². The maximum atomic E-state index is 11.7. The van der Waals surface area contributed by atoms with Crippen LogP contribution in [-0.2, 0) is 19.7 Å². The monoisotopic (exact) mass is 572 g/mol. The molecule has 0 fully saturated rings. The van der Waals surface area contributed by atoms with E-state index in [0.29, 0.717) is 30.3 Å². The zero-order valence-corrected chi connectivity index (χ0v) is 24.7. The van der Waals surface area contributed by atoms with Crippen LogP contribution < -0.4 is 9.47 Å². The molecule has 0 bridgehead atoms. The Hall–Kier alpha value is -5.03. The molecule has 1 aliphatic rings. The van der Waals surface area contributed by atoms with Crippen molar-refractivity contribution < 1.29 is 23.7 Å². The van der Waals surface area contributed by atoms with Crippen molar-refractivity contribution in [1.29, 1.82) is 0 Å². The van der Waals surface area contributed by atoms with E-state index in [1.807, 2.05) is 31.2 Å². The van der Waals surface area contributed by atoms with Crippen molar-refractivity contribution >= 4 is 5.97 Å². The van der Waals surface area contributed by atoms with Crippen molar-refractivity contribution in [2.75, 3.05) is 26.4 Å². The Labute approximate surface area is 253 Å². The summed E-state index contributed by atoms with van der Waals surface area (Å²) in [4.78, 5) is 11.7. The molecule has 0 aliphatic heterocycles. The molecule has 0 atom stereocenters. The van der Waals surface area contributed by atoms with Gasteiger partial charge in [0, 0.05) is 5.57 Å². The van der Waals surface area contributed by atoms with Gasteiger partial charge in [0.05, 0.1) is 5.41 Å². The summed E-state index contributed by atoms with van der Waals surface area (Å²) in [6.07, 6.45) is 0. The van der Waals surface area contributed by atoms with Crippen LogP contribution in [-0.4, -0.2) is 32.4 Å². The van der Waals surface area contributed by atoms with Gasteiger partial charge in [-0.15, -0.1) is 0 Å². The minimum atomic E-state index is -0.538. The molecule has 1 aliphatic carbocycles. The first-order valence-corrected chi connectivity index (χ1v) is 14.3. The molecule has 0 N–H and O–H groups in total. The first-order valence-electron chi connectivity index (χ1n) is 14.3. The average Bonchev–Trinajstić information content (AvgIpc) is 3.33. The molecule has 0 aromatic heterocycles. The summed E-state index contributed by atoms with van der Waals surface area (Å²) in [7, 11) is 0. The molecule has 4 aromatic rings. The Morgan fingerprint density at radius 3 is 1.47 bits per heavy atom. The fourth-order valence-electron chi connectivity index (χ4n) is 5.49. The number of carbonyl (C=O) groups excluding carboxylic acids is 1. The van der Waals surface area contributed by atoms with Gasteiger partial charge in [0.15, 0.2) is 0 Å². The largest absolute Gasteiger partial charge is 0.490 e. The standard InChI is InChI=1S/C38H36O5/c1-26(2)28(5)40-22-23-41-31-18-14-29(15-19-31)38(35-12-8-6-10-33(35)34-11-7-9-13-36(34)38)30-16-20-32(21-17-30)42-24-25-43-37(39)27(3)4/h6-21H,1,3,5,22-25H2,2,4H3. The number of allylic oxidation sites excluding steroid dienone is 1. The highest BCUT2D eigenvalue weighted by Gasteiger charge is 2.45. The van der Waals surface area contributed by atoms with Gasteiger partial charge in [0.2, 0.25) is 0 Å². The lowest BCUT2D eigenvalue weighted by molar-refractivity contribution is -0.139. The summed E-state index contributed by atoms with van der Waals surface area (Å²) in [5.41, 5.74) is 7.75. The van der Waals surface area contributed by atoms with Crippen LogP contribution >= 0.6 is 0 Å². The van der Waals surface area contributed by atoms with E-state index in [9.17, 15) is 4.79 Å². The lowest BCUT2D eigenvalue weighted by Crippen LogP contribution is -2.28. The number of ether oxygens (including phenoxy) is 4. The molecule has 0 saturated heterocycles. The molecule has 0 saturated carbocycles. The van der Waals surface area contributed by atoms with Crippen LogP contribution in [0.3, 0.4) is 0 Å². The van der Waals surface area contributed by atoms with Crippen LogP contribution in [0, 0.1) is 0 Å². The van der Waals surface area contributed by atoms with Crippen LogP contribution in [0.4, 0.5) is 0 Å². The first-order chi connectivity index (χ1) is 20.8. The predicted molar refractivity (Wildman–Crippen MR) is 170 cm³/mol. The van der Waals surface area contributed by atoms with Gasteiger partial charge < -0.3 is 18.9 Å².